The van der Waals surface area contributed by atoms with Crippen molar-refractivity contribution >= 4 is 22.8 Å². The highest BCUT2D eigenvalue weighted by Crippen LogP contribution is 2.48. The van der Waals surface area contributed by atoms with Gasteiger partial charge in [-0.25, -0.2) is 0 Å². The van der Waals surface area contributed by atoms with Crippen LogP contribution in [0, 0.1) is 0 Å². The number of hydrogen-bond acceptors (Lipinski definition) is 0. The minimum Gasteiger partial charge on any atom is -0.0619 e. The van der Waals surface area contributed by atoms with Gasteiger partial charge in [-0.15, -0.1) is 0 Å². The summed E-state index contributed by atoms with van der Waals surface area (Å²) in [6.45, 7) is 0. The topological polar surface area (TPSA) is 0 Å². The summed E-state index contributed by atoms with van der Waals surface area (Å²) in [6, 6.07) is 26.7. The minimum atomic E-state index is 1.02. The molecule has 26 heavy (non-hydrogen) atoms. The predicted octanol–water partition coefficient (Wildman–Crippen LogP) is 4.28. The summed E-state index contributed by atoms with van der Waals surface area (Å²) in [4.78, 5) is 0. The van der Waals surface area contributed by atoms with Gasteiger partial charge < -0.3 is 0 Å². The molecule has 0 aromatic heterocycles. The van der Waals surface area contributed by atoms with Gasteiger partial charge in [-0.1, -0.05) is 84.9 Å². The van der Waals surface area contributed by atoms with Crippen molar-refractivity contribution in [2.45, 2.75) is 12.8 Å². The Balaban J connectivity index is 1.84. The summed E-state index contributed by atoms with van der Waals surface area (Å²) in [5.41, 5.74) is 11.6. The highest BCUT2D eigenvalue weighted by Gasteiger charge is 2.31. The number of benzene rings is 3. The van der Waals surface area contributed by atoms with Crippen LogP contribution in [0.15, 0.2) is 84.4 Å². The molecule has 3 aliphatic carbocycles. The zero-order valence-corrected chi connectivity index (χ0v) is 14.5. The van der Waals surface area contributed by atoms with Gasteiger partial charge in [0.15, 0.2) is 0 Å². The van der Waals surface area contributed by atoms with Crippen molar-refractivity contribution in [3.05, 3.63) is 117 Å². The van der Waals surface area contributed by atoms with Gasteiger partial charge in [0.05, 0.1) is 0 Å². The fourth-order valence-electron chi connectivity index (χ4n) is 4.81. The molecule has 0 radical (unpaired) electrons. The van der Waals surface area contributed by atoms with Gasteiger partial charge >= 0.3 is 0 Å². The molecule has 0 N–H and O–H groups in total. The monoisotopic (exact) mass is 330 g/mol. The highest BCUT2D eigenvalue weighted by molar-refractivity contribution is 6.18. The van der Waals surface area contributed by atoms with E-state index in [0.717, 1.165) is 12.8 Å². The Kier molecular flexibility index (Phi) is 2.81. The fourth-order valence-corrected chi connectivity index (χ4v) is 4.81. The lowest BCUT2D eigenvalue weighted by Crippen LogP contribution is -2.27. The van der Waals surface area contributed by atoms with E-state index in [2.05, 4.69) is 84.9 Å². The van der Waals surface area contributed by atoms with E-state index in [-0.39, 0.29) is 0 Å². The molecule has 0 atom stereocenters. The van der Waals surface area contributed by atoms with E-state index in [0.29, 0.717) is 0 Å². The molecule has 0 spiro atoms. The molecule has 3 aromatic carbocycles. The molecule has 0 amide bonds. The van der Waals surface area contributed by atoms with E-state index in [9.17, 15) is 0 Å². The molecule has 0 nitrogen and oxygen atoms in total. The highest BCUT2D eigenvalue weighted by atomic mass is 14.3. The first-order chi connectivity index (χ1) is 12.9. The Morgan fingerprint density at radius 1 is 0.538 bits per heavy atom. The van der Waals surface area contributed by atoms with E-state index in [1.165, 1.54) is 55.0 Å². The van der Waals surface area contributed by atoms with E-state index >= 15 is 0 Å². The lowest BCUT2D eigenvalue weighted by Gasteiger charge is -2.14. The maximum absolute atomic E-state index is 2.35. The van der Waals surface area contributed by atoms with Crippen molar-refractivity contribution in [2.24, 2.45) is 0 Å². The van der Waals surface area contributed by atoms with Crippen molar-refractivity contribution in [3.63, 3.8) is 0 Å². The summed E-state index contributed by atoms with van der Waals surface area (Å²) >= 11 is 0. The molecule has 0 unspecified atom stereocenters. The van der Waals surface area contributed by atoms with Crippen LogP contribution in [-0.4, -0.2) is 0 Å². The molecule has 0 saturated heterocycles. The Morgan fingerprint density at radius 3 is 2.04 bits per heavy atom. The summed E-state index contributed by atoms with van der Waals surface area (Å²) < 4.78 is 0. The molecule has 0 bridgehead atoms. The van der Waals surface area contributed by atoms with Crippen LogP contribution >= 0.6 is 0 Å². The van der Waals surface area contributed by atoms with Crippen molar-refractivity contribution in [3.8, 4) is 0 Å². The van der Waals surface area contributed by atoms with Crippen molar-refractivity contribution < 1.29 is 0 Å². The third kappa shape index (κ3) is 1.84. The SMILES string of the molecule is C1=C2/Cc3ccccc3/C2=C2\C(=c3\cccc\c3=C/1)Cc1ccccc12. The standard InChI is InChI=1S/C26H18/c1-4-10-21-17(7-1)13-14-20-15-18-8-2-5-11-22(18)25(20)26-23-12-6-3-9-19(23)16-24(21)26/h1-14H,15-16H2/b14-13?,17-13+,20-14-,24-21-,26-25-. The molecule has 3 aromatic rings. The third-order valence-electron chi connectivity index (χ3n) is 5.94. The van der Waals surface area contributed by atoms with E-state index in [1.807, 2.05) is 0 Å². The molecule has 0 heterocycles. The lowest BCUT2D eigenvalue weighted by molar-refractivity contribution is 1.27. The second-order valence-corrected chi connectivity index (χ2v) is 7.34. The fraction of sp³-hybridized carbons (Fsp3) is 0.0769. The molecule has 0 aliphatic heterocycles. The zero-order valence-electron chi connectivity index (χ0n) is 14.5. The Morgan fingerprint density at radius 2 is 1.19 bits per heavy atom. The van der Waals surface area contributed by atoms with Gasteiger partial charge in [0.1, 0.15) is 0 Å². The maximum Gasteiger partial charge on any atom is -0.000706 e. The van der Waals surface area contributed by atoms with Crippen molar-refractivity contribution in [2.75, 3.05) is 0 Å². The summed E-state index contributed by atoms with van der Waals surface area (Å²) in [5, 5.41) is 2.71. The molecular formula is C26H18. The van der Waals surface area contributed by atoms with Crippen LogP contribution in [0.3, 0.4) is 0 Å². The lowest BCUT2D eigenvalue weighted by atomic mass is 9.90. The normalized spacial score (nSPS) is 24.6. The average molecular weight is 330 g/mol. The van der Waals surface area contributed by atoms with Gasteiger partial charge in [-0.3, -0.25) is 0 Å². The molecule has 3 aliphatic rings. The molecule has 6 rings (SSSR count). The van der Waals surface area contributed by atoms with Crippen LogP contribution in [0.25, 0.3) is 22.8 Å². The van der Waals surface area contributed by atoms with Gasteiger partial charge in [-0.05, 0) is 67.8 Å². The van der Waals surface area contributed by atoms with Crippen LogP contribution < -0.4 is 10.4 Å². The number of allylic oxidation sites excluding steroid dienone is 4. The Bertz CT molecular complexity index is 1270. The van der Waals surface area contributed by atoms with Crippen LogP contribution in [0.1, 0.15) is 22.3 Å². The number of hydrogen-bond donors (Lipinski definition) is 0. The zero-order chi connectivity index (χ0) is 17.1. The maximum atomic E-state index is 2.35. The Hall–Kier alpha value is -3.12. The van der Waals surface area contributed by atoms with E-state index in [4.69, 9.17) is 0 Å². The van der Waals surface area contributed by atoms with Crippen LogP contribution in [0.5, 0.6) is 0 Å². The second-order valence-electron chi connectivity index (χ2n) is 7.34. The first kappa shape index (κ1) is 14.1. The van der Waals surface area contributed by atoms with E-state index in [1.54, 1.807) is 0 Å². The first-order valence-corrected chi connectivity index (χ1v) is 9.31. The van der Waals surface area contributed by atoms with Crippen molar-refractivity contribution in [1.29, 1.82) is 0 Å². The van der Waals surface area contributed by atoms with Crippen LogP contribution in [0.4, 0.5) is 0 Å². The van der Waals surface area contributed by atoms with Crippen LogP contribution in [-0.2, 0) is 12.8 Å². The summed E-state index contributed by atoms with van der Waals surface area (Å²) in [7, 11) is 0. The number of fused-ring (bicyclic) bond motifs is 7. The van der Waals surface area contributed by atoms with E-state index < -0.39 is 0 Å². The number of rotatable bonds is 0. The Labute approximate surface area is 153 Å². The second kappa shape index (κ2) is 5.19. The molecule has 0 heteroatoms. The average Bonchev–Trinajstić information content (AvgIpc) is 3.22. The van der Waals surface area contributed by atoms with Gasteiger partial charge in [0.25, 0.3) is 0 Å². The third-order valence-corrected chi connectivity index (χ3v) is 5.94. The largest absolute Gasteiger partial charge is 0.0619 e. The molecule has 0 saturated carbocycles. The van der Waals surface area contributed by atoms with Gasteiger partial charge in [-0.2, -0.15) is 0 Å². The summed E-state index contributed by atoms with van der Waals surface area (Å²) in [6.07, 6.45) is 6.71. The van der Waals surface area contributed by atoms with Gasteiger partial charge in [0, 0.05) is 0 Å². The molecule has 122 valence electrons. The molecular weight excluding hydrogens is 312 g/mol. The van der Waals surface area contributed by atoms with Crippen LogP contribution in [0.2, 0.25) is 0 Å². The quantitative estimate of drug-likeness (QED) is 0.577. The van der Waals surface area contributed by atoms with Gasteiger partial charge in [0.2, 0.25) is 0 Å². The predicted molar refractivity (Wildman–Crippen MR) is 109 cm³/mol. The van der Waals surface area contributed by atoms with Crippen molar-refractivity contribution in [1.82, 2.24) is 0 Å². The first-order valence-electron chi connectivity index (χ1n) is 9.31. The smallest absolute Gasteiger partial charge is 0.000706 e. The molecule has 0 fully saturated rings. The summed E-state index contributed by atoms with van der Waals surface area (Å²) in [5.74, 6) is 0. The minimum absolute atomic E-state index is 1.02.